The van der Waals surface area contributed by atoms with Crippen LogP contribution < -0.4 is 0 Å². The molecule has 3 aromatic rings. The largest absolute Gasteiger partial charge is 0.385 e. The topological polar surface area (TPSA) is 35.2 Å². The Hall–Kier alpha value is -1.51. The van der Waals surface area contributed by atoms with Crippen LogP contribution in [0.25, 0.3) is 11.4 Å². The lowest BCUT2D eigenvalue weighted by Gasteiger charge is -2.15. The summed E-state index contributed by atoms with van der Waals surface area (Å²) in [6.45, 7) is 2.88. The van der Waals surface area contributed by atoms with Crippen molar-refractivity contribution in [3.8, 4) is 11.4 Å². The Labute approximate surface area is 173 Å². The van der Waals surface area contributed by atoms with Crippen LogP contribution in [0.3, 0.4) is 0 Å². The van der Waals surface area contributed by atoms with Crippen LogP contribution in [0.1, 0.15) is 12.0 Å². The van der Waals surface area contributed by atoms with Gasteiger partial charge in [0.05, 0.1) is 11.7 Å². The fourth-order valence-corrected chi connectivity index (χ4v) is 4.07. The first-order valence-electron chi connectivity index (χ1n) is 8.71. The fraction of sp³-hybridized carbons (Fsp3) is 0.368. The van der Waals surface area contributed by atoms with Crippen LogP contribution in [0.5, 0.6) is 0 Å². The van der Waals surface area contributed by atoms with Gasteiger partial charge in [-0.25, -0.2) is 4.68 Å². The number of benzene rings is 1. The van der Waals surface area contributed by atoms with Crippen LogP contribution in [-0.4, -0.2) is 40.0 Å². The summed E-state index contributed by atoms with van der Waals surface area (Å²) >= 11 is 13.9. The van der Waals surface area contributed by atoms with Crippen LogP contribution in [0.2, 0.25) is 5.02 Å². The van der Waals surface area contributed by atoms with E-state index in [2.05, 4.69) is 28.8 Å². The third kappa shape index (κ3) is 5.06. The smallest absolute Gasteiger partial charge is 0.199 e. The van der Waals surface area contributed by atoms with Crippen molar-refractivity contribution in [3.05, 3.63) is 56.4 Å². The van der Waals surface area contributed by atoms with Crippen molar-refractivity contribution in [2.24, 2.45) is 0 Å². The SMILES string of the molecule is COCCCn1c(-c2ccccc2Cl)nn(CN(C)Cc2ccsc2)c1=S. The van der Waals surface area contributed by atoms with Gasteiger partial charge in [-0.3, -0.25) is 9.47 Å². The maximum Gasteiger partial charge on any atom is 0.199 e. The summed E-state index contributed by atoms with van der Waals surface area (Å²) in [4.78, 5) is 2.20. The van der Waals surface area contributed by atoms with Crippen molar-refractivity contribution in [2.75, 3.05) is 20.8 Å². The molecule has 0 aliphatic rings. The first-order valence-corrected chi connectivity index (χ1v) is 10.4. The highest BCUT2D eigenvalue weighted by Gasteiger charge is 2.16. The summed E-state index contributed by atoms with van der Waals surface area (Å²) in [5.41, 5.74) is 2.18. The minimum absolute atomic E-state index is 0.614. The van der Waals surface area contributed by atoms with E-state index in [1.165, 1.54) is 5.56 Å². The molecule has 0 saturated heterocycles. The Bertz CT molecular complexity index is 920. The number of methoxy groups -OCH3 is 1. The average Bonchev–Trinajstić information content (AvgIpc) is 3.25. The van der Waals surface area contributed by atoms with E-state index in [4.69, 9.17) is 33.7 Å². The number of thiophene rings is 1. The Morgan fingerprint density at radius 3 is 2.81 bits per heavy atom. The first kappa shape index (κ1) is 20.2. The maximum absolute atomic E-state index is 6.42. The molecule has 2 heterocycles. The molecule has 27 heavy (non-hydrogen) atoms. The molecule has 2 aromatic heterocycles. The Balaban J connectivity index is 1.89. The van der Waals surface area contributed by atoms with Gasteiger partial charge in [0.15, 0.2) is 10.6 Å². The second kappa shape index (κ2) is 9.61. The summed E-state index contributed by atoms with van der Waals surface area (Å²) in [6, 6.07) is 9.87. The van der Waals surface area contributed by atoms with Gasteiger partial charge >= 0.3 is 0 Å². The van der Waals surface area contributed by atoms with E-state index in [0.717, 1.165) is 30.9 Å². The van der Waals surface area contributed by atoms with E-state index in [1.807, 2.05) is 33.5 Å². The highest BCUT2D eigenvalue weighted by atomic mass is 35.5. The van der Waals surface area contributed by atoms with Crippen molar-refractivity contribution in [3.63, 3.8) is 0 Å². The summed E-state index contributed by atoms with van der Waals surface area (Å²) in [7, 11) is 3.77. The molecule has 3 rings (SSSR count). The monoisotopic (exact) mass is 422 g/mol. The summed E-state index contributed by atoms with van der Waals surface area (Å²) in [5, 5.41) is 9.72. The lowest BCUT2D eigenvalue weighted by molar-refractivity contribution is 0.190. The number of rotatable bonds is 9. The van der Waals surface area contributed by atoms with Gasteiger partial charge in [0.1, 0.15) is 0 Å². The third-order valence-corrected chi connectivity index (χ3v) is 5.67. The van der Waals surface area contributed by atoms with Crippen LogP contribution in [0, 0.1) is 4.77 Å². The molecule has 0 aliphatic carbocycles. The molecule has 1 aromatic carbocycles. The molecule has 0 bridgehead atoms. The minimum Gasteiger partial charge on any atom is -0.385 e. The van der Waals surface area contributed by atoms with E-state index in [1.54, 1.807) is 18.4 Å². The van der Waals surface area contributed by atoms with E-state index >= 15 is 0 Å². The van der Waals surface area contributed by atoms with E-state index in [0.29, 0.717) is 23.1 Å². The molecule has 0 fully saturated rings. The van der Waals surface area contributed by atoms with Crippen molar-refractivity contribution >= 4 is 35.2 Å². The molecule has 8 heteroatoms. The Kier molecular flexibility index (Phi) is 7.20. The molecule has 144 valence electrons. The maximum atomic E-state index is 6.42. The average molecular weight is 423 g/mol. The first-order chi connectivity index (χ1) is 13.1. The molecule has 0 unspecified atom stereocenters. The third-order valence-electron chi connectivity index (χ3n) is 4.18. The van der Waals surface area contributed by atoms with E-state index in [-0.39, 0.29) is 0 Å². The predicted octanol–water partition coefficient (Wildman–Crippen LogP) is 4.92. The second-order valence-electron chi connectivity index (χ2n) is 6.37. The highest BCUT2D eigenvalue weighted by molar-refractivity contribution is 7.71. The molecule has 5 nitrogen and oxygen atoms in total. The molecule has 0 saturated carbocycles. The fourth-order valence-electron chi connectivity index (χ4n) is 2.92. The predicted molar refractivity (Wildman–Crippen MR) is 114 cm³/mol. The van der Waals surface area contributed by atoms with Crippen molar-refractivity contribution in [1.82, 2.24) is 19.2 Å². The van der Waals surface area contributed by atoms with Gasteiger partial charge in [0, 0.05) is 32.4 Å². The molecule has 0 radical (unpaired) electrons. The van der Waals surface area contributed by atoms with Crippen LogP contribution in [0.4, 0.5) is 0 Å². The Morgan fingerprint density at radius 1 is 1.30 bits per heavy atom. The van der Waals surface area contributed by atoms with Crippen LogP contribution in [-0.2, 0) is 24.5 Å². The van der Waals surface area contributed by atoms with Gasteiger partial charge < -0.3 is 4.74 Å². The molecular formula is C19H23ClN4OS2. The summed E-state index contributed by atoms with van der Waals surface area (Å²) < 4.78 is 9.81. The molecule has 0 amide bonds. The Morgan fingerprint density at radius 2 is 2.11 bits per heavy atom. The lowest BCUT2D eigenvalue weighted by atomic mass is 10.2. The highest BCUT2D eigenvalue weighted by Crippen LogP contribution is 2.27. The number of aromatic nitrogens is 3. The number of nitrogens with zero attached hydrogens (tertiary/aromatic N) is 4. The van der Waals surface area contributed by atoms with Gasteiger partial charge in [-0.2, -0.15) is 16.4 Å². The normalized spacial score (nSPS) is 11.4. The molecule has 0 atom stereocenters. The van der Waals surface area contributed by atoms with Gasteiger partial charge in [0.2, 0.25) is 0 Å². The molecule has 0 aliphatic heterocycles. The quantitative estimate of drug-likeness (QED) is 0.362. The molecular weight excluding hydrogens is 400 g/mol. The number of halogens is 1. The van der Waals surface area contributed by atoms with Gasteiger partial charge in [-0.15, -0.1) is 0 Å². The van der Waals surface area contributed by atoms with Gasteiger partial charge in [-0.05, 0) is 60.2 Å². The number of hydrogen-bond acceptors (Lipinski definition) is 5. The van der Waals surface area contributed by atoms with Gasteiger partial charge in [-0.1, -0.05) is 23.7 Å². The minimum atomic E-state index is 0.614. The van der Waals surface area contributed by atoms with Crippen molar-refractivity contribution in [2.45, 2.75) is 26.2 Å². The summed E-state index contributed by atoms with van der Waals surface area (Å²) in [6.07, 6.45) is 0.860. The van der Waals surface area contributed by atoms with Gasteiger partial charge in [0.25, 0.3) is 0 Å². The second-order valence-corrected chi connectivity index (χ2v) is 7.92. The van der Waals surface area contributed by atoms with E-state index in [9.17, 15) is 0 Å². The number of ether oxygens (including phenoxy) is 1. The van der Waals surface area contributed by atoms with E-state index < -0.39 is 0 Å². The van der Waals surface area contributed by atoms with Crippen molar-refractivity contribution in [1.29, 1.82) is 0 Å². The molecule has 0 N–H and O–H groups in total. The van der Waals surface area contributed by atoms with Crippen LogP contribution >= 0.6 is 35.2 Å². The number of hydrogen-bond donors (Lipinski definition) is 0. The van der Waals surface area contributed by atoms with Crippen molar-refractivity contribution < 1.29 is 4.74 Å². The molecule has 0 spiro atoms. The zero-order chi connectivity index (χ0) is 19.2. The van der Waals surface area contributed by atoms with Crippen LogP contribution in [0.15, 0.2) is 41.1 Å². The summed E-state index contributed by atoms with van der Waals surface area (Å²) in [5.74, 6) is 0.797. The zero-order valence-electron chi connectivity index (χ0n) is 15.5. The standard InChI is InChI=1S/C19H23ClN4OS2/c1-22(12-15-8-11-27-13-15)14-24-19(26)23(9-5-10-25-2)18(21-24)16-6-3-4-7-17(16)20/h3-4,6-8,11,13H,5,9-10,12,14H2,1-2H3. The zero-order valence-corrected chi connectivity index (χ0v) is 17.9. The lowest BCUT2D eigenvalue weighted by Crippen LogP contribution is -2.22.